The molecule has 192 valence electrons. The molecule has 7 nitrogen and oxygen atoms in total. The highest BCUT2D eigenvalue weighted by atomic mass is 32.2. The second-order valence-corrected chi connectivity index (χ2v) is 11.4. The maximum absolute atomic E-state index is 14.6. The number of aryl methyl sites for hydroxylation is 1. The van der Waals surface area contributed by atoms with Crippen molar-refractivity contribution in [2.24, 2.45) is 4.99 Å². The molecule has 4 aromatic rings. The molecule has 1 aromatic heterocycles. The molecule has 0 bridgehead atoms. The largest absolute Gasteiger partial charge is 0.380 e. The Morgan fingerprint density at radius 1 is 1.08 bits per heavy atom. The first-order valence-electron chi connectivity index (χ1n) is 12.1. The Hall–Kier alpha value is -3.34. The molecule has 10 heteroatoms. The van der Waals surface area contributed by atoms with Gasteiger partial charge in [-0.05, 0) is 67.8 Å². The molecule has 0 saturated heterocycles. The minimum Gasteiger partial charge on any atom is -0.380 e. The van der Waals surface area contributed by atoms with Gasteiger partial charge in [-0.3, -0.25) is 9.10 Å². The lowest BCUT2D eigenvalue weighted by molar-refractivity contribution is 0.0996. The van der Waals surface area contributed by atoms with Gasteiger partial charge in [0.05, 0.1) is 27.4 Å². The molecule has 1 aliphatic rings. The molecule has 0 N–H and O–H groups in total. The number of nitrogens with zero attached hydrogens (tertiary/aromatic N) is 3. The molecule has 1 aliphatic heterocycles. The van der Waals surface area contributed by atoms with Crippen LogP contribution >= 0.6 is 11.3 Å². The number of benzene rings is 3. The van der Waals surface area contributed by atoms with Gasteiger partial charge in [0, 0.05) is 25.3 Å². The Balaban J connectivity index is 1.45. The molecule has 0 unspecified atom stereocenters. The molecule has 0 fully saturated rings. The summed E-state index contributed by atoms with van der Waals surface area (Å²) in [5, 5.41) is 0. The van der Waals surface area contributed by atoms with Crippen LogP contribution in [0.1, 0.15) is 29.3 Å². The van der Waals surface area contributed by atoms with E-state index in [9.17, 15) is 17.6 Å². The maximum atomic E-state index is 14.6. The third-order valence-electron chi connectivity index (χ3n) is 6.27. The lowest BCUT2D eigenvalue weighted by atomic mass is 10.0. The summed E-state index contributed by atoms with van der Waals surface area (Å²) in [5.74, 6) is -0.933. The number of halogens is 1. The molecule has 5 rings (SSSR count). The van der Waals surface area contributed by atoms with E-state index in [1.807, 2.05) is 31.2 Å². The van der Waals surface area contributed by atoms with Gasteiger partial charge >= 0.3 is 0 Å². The summed E-state index contributed by atoms with van der Waals surface area (Å²) in [6.45, 7) is 3.49. The monoisotopic (exact) mass is 539 g/mol. The molecule has 0 saturated carbocycles. The minimum absolute atomic E-state index is 0.108. The number of thiazole rings is 1. The van der Waals surface area contributed by atoms with Gasteiger partial charge < -0.3 is 9.30 Å². The highest BCUT2D eigenvalue weighted by Gasteiger charge is 2.29. The Morgan fingerprint density at radius 3 is 2.65 bits per heavy atom. The average molecular weight is 540 g/mol. The normalized spacial score (nSPS) is 14.2. The summed E-state index contributed by atoms with van der Waals surface area (Å²) < 4.78 is 50.6. The van der Waals surface area contributed by atoms with E-state index in [2.05, 4.69) is 4.99 Å². The fraction of sp³-hybridized carbons (Fsp3) is 0.259. The predicted molar refractivity (Wildman–Crippen MR) is 142 cm³/mol. The summed E-state index contributed by atoms with van der Waals surface area (Å²) in [4.78, 5) is 17.7. The van der Waals surface area contributed by atoms with Crippen molar-refractivity contribution in [3.8, 4) is 0 Å². The van der Waals surface area contributed by atoms with Crippen LogP contribution in [0.5, 0.6) is 0 Å². The first-order chi connectivity index (χ1) is 17.9. The lowest BCUT2D eigenvalue weighted by Crippen LogP contribution is -2.35. The van der Waals surface area contributed by atoms with Crippen molar-refractivity contribution in [1.82, 2.24) is 4.57 Å². The number of aromatic nitrogens is 1. The van der Waals surface area contributed by atoms with E-state index in [0.29, 0.717) is 47.0 Å². The van der Waals surface area contributed by atoms with E-state index in [1.165, 1.54) is 46.0 Å². The topological polar surface area (TPSA) is 81.0 Å². The SMILES string of the molecule is CCOCCn1c(=NC(=O)c2ccc(S(=O)(=O)N3CCCc4ccccc43)cc2)sc2cccc(F)c21. The van der Waals surface area contributed by atoms with Crippen molar-refractivity contribution >= 4 is 43.2 Å². The zero-order valence-corrected chi connectivity index (χ0v) is 21.9. The number of amides is 1. The van der Waals surface area contributed by atoms with E-state index < -0.39 is 21.7 Å². The van der Waals surface area contributed by atoms with E-state index in [-0.39, 0.29) is 10.5 Å². The van der Waals surface area contributed by atoms with Crippen LogP contribution < -0.4 is 9.11 Å². The van der Waals surface area contributed by atoms with E-state index >= 15 is 0 Å². The summed E-state index contributed by atoms with van der Waals surface area (Å²) in [6, 6.07) is 18.1. The fourth-order valence-corrected chi connectivity index (χ4v) is 7.09. The second kappa shape index (κ2) is 10.6. The van der Waals surface area contributed by atoms with Gasteiger partial charge in [0.15, 0.2) is 4.80 Å². The summed E-state index contributed by atoms with van der Waals surface area (Å²) in [5.41, 5.74) is 2.31. The fourth-order valence-electron chi connectivity index (χ4n) is 4.48. The number of sulfonamides is 1. The Labute approximate surface area is 218 Å². The zero-order chi connectivity index (χ0) is 26.0. The van der Waals surface area contributed by atoms with Gasteiger partial charge in [-0.1, -0.05) is 35.6 Å². The average Bonchev–Trinajstić information content (AvgIpc) is 3.26. The second-order valence-electron chi connectivity index (χ2n) is 8.57. The van der Waals surface area contributed by atoms with Crippen molar-refractivity contribution in [3.05, 3.63) is 88.5 Å². The van der Waals surface area contributed by atoms with Crippen LogP contribution in [-0.2, 0) is 27.7 Å². The van der Waals surface area contributed by atoms with Crippen LogP contribution in [0.15, 0.2) is 76.6 Å². The molecule has 0 radical (unpaired) electrons. The molecule has 0 atom stereocenters. The molecule has 0 spiro atoms. The highest BCUT2D eigenvalue weighted by Crippen LogP contribution is 2.31. The van der Waals surface area contributed by atoms with Gasteiger partial charge in [-0.2, -0.15) is 4.99 Å². The first-order valence-corrected chi connectivity index (χ1v) is 14.3. The summed E-state index contributed by atoms with van der Waals surface area (Å²) in [7, 11) is -3.78. The van der Waals surface area contributed by atoms with E-state index in [0.717, 1.165) is 18.4 Å². The number of carbonyl (C=O) groups is 1. The van der Waals surface area contributed by atoms with Crippen molar-refractivity contribution < 1.29 is 22.3 Å². The number of para-hydroxylation sites is 2. The lowest BCUT2D eigenvalue weighted by Gasteiger charge is -2.30. The van der Waals surface area contributed by atoms with Crippen LogP contribution in [0, 0.1) is 5.82 Å². The zero-order valence-electron chi connectivity index (χ0n) is 20.3. The van der Waals surface area contributed by atoms with Crippen LogP contribution in [0.25, 0.3) is 10.2 Å². The Morgan fingerprint density at radius 2 is 1.86 bits per heavy atom. The van der Waals surface area contributed by atoms with Crippen LogP contribution in [-0.4, -0.2) is 38.7 Å². The number of ether oxygens (including phenoxy) is 1. The molecule has 3 aromatic carbocycles. The molecule has 2 heterocycles. The van der Waals surface area contributed by atoms with E-state index in [1.54, 1.807) is 16.7 Å². The number of hydrogen-bond donors (Lipinski definition) is 0. The Bertz CT molecular complexity index is 1630. The smallest absolute Gasteiger partial charge is 0.279 e. The number of hydrogen-bond acceptors (Lipinski definition) is 5. The number of carbonyl (C=O) groups excluding carboxylic acids is 1. The van der Waals surface area contributed by atoms with Gasteiger partial charge in [-0.15, -0.1) is 0 Å². The van der Waals surface area contributed by atoms with Crippen molar-refractivity contribution in [2.75, 3.05) is 24.1 Å². The molecular weight excluding hydrogens is 513 g/mol. The number of anilines is 1. The molecule has 1 amide bonds. The molecule has 0 aliphatic carbocycles. The number of rotatable bonds is 7. The Kier molecular flexibility index (Phi) is 7.23. The quantitative estimate of drug-likeness (QED) is 0.317. The van der Waals surface area contributed by atoms with Crippen molar-refractivity contribution in [1.29, 1.82) is 0 Å². The standard InChI is InChI=1S/C27H26FN3O4S2/c1-2-35-18-17-30-25-22(28)9-5-11-24(25)36-27(30)29-26(32)20-12-14-21(15-13-20)37(33,34)31-16-6-8-19-7-3-4-10-23(19)31/h3-5,7,9-15H,2,6,8,16-18H2,1H3. The minimum atomic E-state index is -3.78. The van der Waals surface area contributed by atoms with Crippen molar-refractivity contribution in [2.45, 2.75) is 31.2 Å². The number of fused-ring (bicyclic) bond motifs is 2. The molecular formula is C27H26FN3O4S2. The third-order valence-corrected chi connectivity index (χ3v) is 9.14. The summed E-state index contributed by atoms with van der Waals surface area (Å²) >= 11 is 1.22. The third kappa shape index (κ3) is 4.96. The van der Waals surface area contributed by atoms with Crippen LogP contribution in [0.4, 0.5) is 10.1 Å². The van der Waals surface area contributed by atoms with E-state index in [4.69, 9.17) is 4.74 Å². The predicted octanol–water partition coefficient (Wildman–Crippen LogP) is 4.76. The van der Waals surface area contributed by atoms with Gasteiger partial charge in [0.25, 0.3) is 15.9 Å². The maximum Gasteiger partial charge on any atom is 0.279 e. The first kappa shape index (κ1) is 25.3. The van der Waals surface area contributed by atoms with Crippen LogP contribution in [0.2, 0.25) is 0 Å². The van der Waals surface area contributed by atoms with Gasteiger partial charge in [0.2, 0.25) is 0 Å². The van der Waals surface area contributed by atoms with Gasteiger partial charge in [-0.25, -0.2) is 12.8 Å². The van der Waals surface area contributed by atoms with Crippen molar-refractivity contribution in [3.63, 3.8) is 0 Å². The van der Waals surface area contributed by atoms with Crippen LogP contribution in [0.3, 0.4) is 0 Å². The molecule has 37 heavy (non-hydrogen) atoms. The van der Waals surface area contributed by atoms with Gasteiger partial charge in [0.1, 0.15) is 5.82 Å². The highest BCUT2D eigenvalue weighted by molar-refractivity contribution is 7.92. The summed E-state index contributed by atoms with van der Waals surface area (Å²) in [6.07, 6.45) is 1.58.